The van der Waals surface area contributed by atoms with Gasteiger partial charge in [-0.05, 0) is 24.4 Å². The molecular formula is C11H10ClN5O2S. The van der Waals surface area contributed by atoms with E-state index in [-0.39, 0.29) is 11.1 Å². The molecule has 2 aliphatic rings. The average Bonchev–Trinajstić information content (AvgIpc) is 2.91. The average molecular weight is 312 g/mol. The number of nitrogens with zero attached hydrogens (tertiary/aromatic N) is 3. The lowest BCUT2D eigenvalue weighted by Crippen LogP contribution is -2.58. The van der Waals surface area contributed by atoms with Gasteiger partial charge in [0.25, 0.3) is 5.91 Å². The van der Waals surface area contributed by atoms with Gasteiger partial charge in [-0.2, -0.15) is 9.64 Å². The zero-order valence-corrected chi connectivity index (χ0v) is 11.8. The number of carbonyl (C=O) groups excluding carboxylic acids is 2. The molecule has 3 heterocycles. The molecule has 2 N–H and O–H groups in total. The van der Waals surface area contributed by atoms with Gasteiger partial charge < -0.3 is 10.2 Å². The summed E-state index contributed by atoms with van der Waals surface area (Å²) in [6, 6.07) is 1.55. The third-order valence-electron chi connectivity index (χ3n) is 3.54. The van der Waals surface area contributed by atoms with E-state index in [9.17, 15) is 9.59 Å². The van der Waals surface area contributed by atoms with Gasteiger partial charge in [0.15, 0.2) is 5.15 Å². The zero-order valence-electron chi connectivity index (χ0n) is 10.3. The van der Waals surface area contributed by atoms with E-state index in [4.69, 9.17) is 16.9 Å². The van der Waals surface area contributed by atoms with Crippen molar-refractivity contribution < 1.29 is 9.59 Å². The van der Waals surface area contributed by atoms with Crippen molar-refractivity contribution in [3.63, 3.8) is 0 Å². The van der Waals surface area contributed by atoms with E-state index >= 15 is 0 Å². The highest BCUT2D eigenvalue weighted by molar-refractivity contribution is 7.10. The van der Waals surface area contributed by atoms with Crippen LogP contribution in [0.1, 0.15) is 18.4 Å². The highest BCUT2D eigenvalue weighted by Crippen LogP contribution is 2.35. The van der Waals surface area contributed by atoms with Crippen LogP contribution in [0.5, 0.6) is 0 Å². The van der Waals surface area contributed by atoms with Gasteiger partial charge >= 0.3 is 6.03 Å². The summed E-state index contributed by atoms with van der Waals surface area (Å²) in [5.41, 5.74) is -0.600. The Kier molecular flexibility index (Phi) is 3.03. The molecule has 20 heavy (non-hydrogen) atoms. The van der Waals surface area contributed by atoms with Gasteiger partial charge in [-0.1, -0.05) is 11.6 Å². The summed E-state index contributed by atoms with van der Waals surface area (Å²) in [4.78, 5) is 25.2. The number of rotatable bonds is 1. The van der Waals surface area contributed by atoms with Crippen molar-refractivity contribution in [3.8, 4) is 6.07 Å². The number of hydrogen-bond donors (Lipinski definition) is 2. The molecule has 1 unspecified atom stereocenters. The molecule has 0 aliphatic carbocycles. The number of carbonyl (C=O) groups is 2. The van der Waals surface area contributed by atoms with E-state index in [1.165, 1.54) is 0 Å². The largest absolute Gasteiger partial charge is 0.358 e. The van der Waals surface area contributed by atoms with Crippen molar-refractivity contribution in [3.05, 3.63) is 10.7 Å². The summed E-state index contributed by atoms with van der Waals surface area (Å²) in [5.74, 6) is -0.318. The third-order valence-corrected chi connectivity index (χ3v) is 4.82. The summed E-state index contributed by atoms with van der Waals surface area (Å²) >= 11 is 7.00. The molecule has 2 saturated heterocycles. The lowest BCUT2D eigenvalue weighted by molar-refractivity contribution is -0.124. The molecule has 0 saturated carbocycles. The predicted octanol–water partition coefficient (Wildman–Crippen LogP) is 0.847. The molecule has 9 heteroatoms. The van der Waals surface area contributed by atoms with Crippen LogP contribution in [0.4, 0.5) is 9.80 Å². The van der Waals surface area contributed by atoms with Gasteiger partial charge in [0.05, 0.1) is 6.54 Å². The number of nitriles is 1. The first-order valence-electron chi connectivity index (χ1n) is 5.99. The first-order chi connectivity index (χ1) is 9.55. The Morgan fingerprint density at radius 1 is 1.50 bits per heavy atom. The van der Waals surface area contributed by atoms with Crippen molar-refractivity contribution in [1.29, 1.82) is 5.26 Å². The molecule has 7 nitrogen and oxygen atoms in total. The fraction of sp³-hybridized carbons (Fsp3) is 0.455. The van der Waals surface area contributed by atoms with Crippen molar-refractivity contribution in [2.75, 3.05) is 18.0 Å². The van der Waals surface area contributed by atoms with Crippen LogP contribution < -0.4 is 15.5 Å². The summed E-state index contributed by atoms with van der Waals surface area (Å²) in [6.45, 7) is 1.01. The van der Waals surface area contributed by atoms with Gasteiger partial charge in [-0.3, -0.25) is 10.1 Å². The highest BCUT2D eigenvalue weighted by atomic mass is 35.5. The van der Waals surface area contributed by atoms with E-state index in [1.807, 2.05) is 11.0 Å². The molecule has 1 spiro atoms. The molecule has 0 aromatic carbocycles. The SMILES string of the molecule is N#Cc1c(Cl)nsc1N1CCCC2(C1)NC(=O)NC2=O. The van der Waals surface area contributed by atoms with Crippen molar-refractivity contribution in [2.24, 2.45) is 0 Å². The second-order valence-electron chi connectivity index (χ2n) is 4.78. The van der Waals surface area contributed by atoms with E-state index in [1.54, 1.807) is 0 Å². The van der Waals surface area contributed by atoms with Crippen LogP contribution in [0, 0.1) is 11.3 Å². The molecule has 1 atom stereocenters. The summed E-state index contributed by atoms with van der Waals surface area (Å²) < 4.78 is 3.97. The molecule has 3 rings (SSSR count). The number of halogens is 1. The van der Waals surface area contributed by atoms with Crippen molar-refractivity contribution in [1.82, 2.24) is 15.0 Å². The molecule has 1 aromatic heterocycles. The van der Waals surface area contributed by atoms with Crippen LogP contribution in [0.2, 0.25) is 5.15 Å². The van der Waals surface area contributed by atoms with Crippen LogP contribution in [0.15, 0.2) is 0 Å². The maximum atomic E-state index is 12.0. The summed E-state index contributed by atoms with van der Waals surface area (Å²) in [6.07, 6.45) is 1.31. The number of piperidine rings is 1. The van der Waals surface area contributed by atoms with Gasteiger partial charge in [0, 0.05) is 6.54 Å². The standard InChI is InChI=1S/C11H10ClN5O2S/c12-7-6(4-13)8(20-16-7)17-3-1-2-11(5-17)9(18)14-10(19)15-11/h1-3,5H2,(H2,14,15,18,19). The van der Waals surface area contributed by atoms with Gasteiger partial charge in [0.2, 0.25) is 0 Å². The second kappa shape index (κ2) is 4.61. The number of aromatic nitrogens is 1. The molecule has 2 fully saturated rings. The lowest BCUT2D eigenvalue weighted by atomic mass is 9.89. The Bertz CT molecular complexity index is 639. The Morgan fingerprint density at radius 3 is 2.95 bits per heavy atom. The molecule has 104 valence electrons. The van der Waals surface area contributed by atoms with Crippen LogP contribution >= 0.6 is 23.1 Å². The van der Waals surface area contributed by atoms with E-state index in [2.05, 4.69) is 15.0 Å². The fourth-order valence-electron chi connectivity index (χ4n) is 2.62. The van der Waals surface area contributed by atoms with Crippen LogP contribution in [0.3, 0.4) is 0 Å². The minimum Gasteiger partial charge on any atom is -0.358 e. The molecule has 2 aliphatic heterocycles. The minimum atomic E-state index is -0.918. The van der Waals surface area contributed by atoms with E-state index in [0.29, 0.717) is 30.1 Å². The second-order valence-corrected chi connectivity index (χ2v) is 5.89. The minimum absolute atomic E-state index is 0.173. The molecular weight excluding hydrogens is 302 g/mol. The number of amides is 3. The number of imide groups is 1. The van der Waals surface area contributed by atoms with Gasteiger partial charge in [-0.25, -0.2) is 4.79 Å². The van der Waals surface area contributed by atoms with E-state index in [0.717, 1.165) is 18.0 Å². The van der Waals surface area contributed by atoms with Gasteiger partial charge in [-0.15, -0.1) is 0 Å². The Morgan fingerprint density at radius 2 is 2.30 bits per heavy atom. The lowest BCUT2D eigenvalue weighted by Gasteiger charge is -2.38. The van der Waals surface area contributed by atoms with Gasteiger partial charge in [0.1, 0.15) is 22.2 Å². The highest BCUT2D eigenvalue weighted by Gasteiger charge is 2.49. The topological polar surface area (TPSA) is 98.1 Å². The zero-order chi connectivity index (χ0) is 14.3. The fourth-order valence-corrected chi connectivity index (χ4v) is 3.67. The third kappa shape index (κ3) is 1.90. The van der Waals surface area contributed by atoms with Crippen molar-refractivity contribution >= 4 is 40.1 Å². The summed E-state index contributed by atoms with van der Waals surface area (Å²) in [7, 11) is 0. The maximum Gasteiger partial charge on any atom is 0.322 e. The number of urea groups is 1. The molecule has 3 amide bonds. The number of anilines is 1. The molecule has 0 radical (unpaired) electrons. The quantitative estimate of drug-likeness (QED) is 0.749. The summed E-state index contributed by atoms with van der Waals surface area (Å²) in [5, 5.41) is 14.9. The van der Waals surface area contributed by atoms with Crippen molar-refractivity contribution in [2.45, 2.75) is 18.4 Å². The first kappa shape index (κ1) is 13.1. The molecule has 1 aromatic rings. The molecule has 0 bridgehead atoms. The Labute approximate surface area is 123 Å². The van der Waals surface area contributed by atoms with E-state index < -0.39 is 11.6 Å². The number of hydrogen-bond acceptors (Lipinski definition) is 6. The Hall–Kier alpha value is -1.85. The smallest absolute Gasteiger partial charge is 0.322 e. The van der Waals surface area contributed by atoms with Crippen LogP contribution in [0.25, 0.3) is 0 Å². The van der Waals surface area contributed by atoms with Crippen LogP contribution in [-0.4, -0.2) is 34.9 Å². The maximum absolute atomic E-state index is 12.0. The normalized spacial score (nSPS) is 25.5. The predicted molar refractivity (Wildman–Crippen MR) is 72.7 cm³/mol. The number of nitrogens with one attached hydrogen (secondary N) is 2. The van der Waals surface area contributed by atoms with Crippen LogP contribution in [-0.2, 0) is 4.79 Å². The monoisotopic (exact) mass is 311 g/mol. The first-order valence-corrected chi connectivity index (χ1v) is 7.15. The Balaban J connectivity index is 1.91.